The molecular formula is C14H27NO3. The third-order valence-corrected chi connectivity index (χ3v) is 3.41. The minimum absolute atomic E-state index is 0.205. The van der Waals surface area contributed by atoms with Crippen LogP contribution >= 0.6 is 0 Å². The summed E-state index contributed by atoms with van der Waals surface area (Å²) in [5.74, 6) is 0.534. The Morgan fingerprint density at radius 1 is 1.39 bits per heavy atom. The number of carbonyl (C=O) groups excluding carboxylic acids is 1. The Labute approximate surface area is 110 Å². The van der Waals surface area contributed by atoms with Crippen molar-refractivity contribution in [1.82, 2.24) is 5.32 Å². The number of hydrogen-bond donors (Lipinski definition) is 1. The second-order valence-electron chi connectivity index (χ2n) is 5.09. The number of hydrogen-bond acceptors (Lipinski definition) is 4. The Kier molecular flexibility index (Phi) is 7.28. The van der Waals surface area contributed by atoms with Gasteiger partial charge in [0.1, 0.15) is 6.04 Å². The summed E-state index contributed by atoms with van der Waals surface area (Å²) in [6, 6.07) is -0.327. The van der Waals surface area contributed by atoms with Gasteiger partial charge in [-0.25, -0.2) is 0 Å². The van der Waals surface area contributed by atoms with Gasteiger partial charge in [0.2, 0.25) is 0 Å². The molecule has 0 spiro atoms. The van der Waals surface area contributed by atoms with E-state index in [0.29, 0.717) is 19.3 Å². The van der Waals surface area contributed by atoms with E-state index in [-0.39, 0.29) is 12.0 Å². The second-order valence-corrected chi connectivity index (χ2v) is 5.09. The van der Waals surface area contributed by atoms with E-state index in [1.54, 1.807) is 0 Å². The highest BCUT2D eigenvalue weighted by Crippen LogP contribution is 2.25. The Balaban J connectivity index is 2.34. The molecule has 0 radical (unpaired) electrons. The summed E-state index contributed by atoms with van der Waals surface area (Å²) < 4.78 is 10.9. The van der Waals surface area contributed by atoms with Crippen LogP contribution in [0.2, 0.25) is 0 Å². The van der Waals surface area contributed by atoms with E-state index in [1.165, 1.54) is 12.8 Å². The van der Waals surface area contributed by atoms with E-state index in [2.05, 4.69) is 12.2 Å². The maximum atomic E-state index is 11.7. The average Bonchev–Trinajstić information content (AvgIpc) is 2.35. The van der Waals surface area contributed by atoms with Crippen LogP contribution in [0.1, 0.15) is 46.5 Å². The molecular weight excluding hydrogens is 230 g/mol. The first-order valence-corrected chi connectivity index (χ1v) is 7.19. The highest BCUT2D eigenvalue weighted by atomic mass is 16.5. The number of carbonyl (C=O) groups is 1. The van der Waals surface area contributed by atoms with E-state index in [4.69, 9.17) is 9.47 Å². The van der Waals surface area contributed by atoms with E-state index >= 15 is 0 Å². The number of likely N-dealkylation sites (N-methyl/N-ethyl adjacent to an activating group) is 1. The van der Waals surface area contributed by atoms with Gasteiger partial charge < -0.3 is 14.8 Å². The van der Waals surface area contributed by atoms with Gasteiger partial charge in [0, 0.05) is 0 Å². The normalized spacial score (nSPS) is 25.7. The van der Waals surface area contributed by atoms with E-state index < -0.39 is 0 Å². The average molecular weight is 257 g/mol. The molecule has 1 aliphatic carbocycles. The quantitative estimate of drug-likeness (QED) is 0.710. The van der Waals surface area contributed by atoms with Gasteiger partial charge in [0.05, 0.1) is 19.3 Å². The summed E-state index contributed by atoms with van der Waals surface area (Å²) in [5.41, 5.74) is 0. The van der Waals surface area contributed by atoms with Crippen molar-refractivity contribution in [2.24, 2.45) is 5.92 Å². The van der Waals surface area contributed by atoms with Crippen LogP contribution in [0.25, 0.3) is 0 Å². The lowest BCUT2D eigenvalue weighted by Crippen LogP contribution is -2.43. The molecule has 0 aromatic heterocycles. The fourth-order valence-corrected chi connectivity index (χ4v) is 2.46. The van der Waals surface area contributed by atoms with Crippen molar-refractivity contribution >= 4 is 5.97 Å². The summed E-state index contributed by atoms with van der Waals surface area (Å²) in [6.45, 7) is 7.65. The van der Waals surface area contributed by atoms with Gasteiger partial charge in [0.25, 0.3) is 0 Å². The number of esters is 1. The fourth-order valence-electron chi connectivity index (χ4n) is 2.46. The molecule has 18 heavy (non-hydrogen) atoms. The van der Waals surface area contributed by atoms with Crippen molar-refractivity contribution in [3.05, 3.63) is 0 Å². The number of rotatable bonds is 7. The van der Waals surface area contributed by atoms with Crippen molar-refractivity contribution < 1.29 is 14.3 Å². The molecule has 0 aliphatic heterocycles. The molecule has 4 nitrogen and oxygen atoms in total. The van der Waals surface area contributed by atoms with Gasteiger partial charge >= 0.3 is 5.97 Å². The Hall–Kier alpha value is -0.610. The van der Waals surface area contributed by atoms with Crippen molar-refractivity contribution in [1.29, 1.82) is 0 Å². The standard InChI is InChI=1S/C14H27NO3/c1-4-15-13(14(16)17-5-2)10-18-12-8-6-7-11(3)9-12/h11-13,15H,4-10H2,1-3H3. The third kappa shape index (κ3) is 5.36. The molecule has 106 valence electrons. The van der Waals surface area contributed by atoms with Crippen LogP contribution in [-0.4, -0.2) is 37.9 Å². The predicted molar refractivity (Wildman–Crippen MR) is 71.5 cm³/mol. The molecule has 1 saturated carbocycles. The first kappa shape index (κ1) is 15.4. The van der Waals surface area contributed by atoms with Crippen molar-refractivity contribution in [2.45, 2.75) is 58.6 Å². The summed E-state index contributed by atoms with van der Waals surface area (Å²) >= 11 is 0. The zero-order valence-electron chi connectivity index (χ0n) is 11.9. The summed E-state index contributed by atoms with van der Waals surface area (Å²) in [6.07, 6.45) is 5.07. The number of nitrogens with one attached hydrogen (secondary N) is 1. The molecule has 1 rings (SSSR count). The van der Waals surface area contributed by atoms with Crippen LogP contribution in [0.4, 0.5) is 0 Å². The van der Waals surface area contributed by atoms with Gasteiger partial charge in [-0.2, -0.15) is 0 Å². The van der Waals surface area contributed by atoms with Crippen LogP contribution in [0.5, 0.6) is 0 Å². The Morgan fingerprint density at radius 2 is 2.17 bits per heavy atom. The van der Waals surface area contributed by atoms with Gasteiger partial charge in [-0.1, -0.05) is 26.7 Å². The molecule has 1 aliphatic rings. The van der Waals surface area contributed by atoms with Gasteiger partial charge in [-0.15, -0.1) is 0 Å². The van der Waals surface area contributed by atoms with E-state index in [1.807, 2.05) is 13.8 Å². The molecule has 0 bridgehead atoms. The van der Waals surface area contributed by atoms with Gasteiger partial charge in [-0.05, 0) is 32.2 Å². The molecule has 4 heteroatoms. The topological polar surface area (TPSA) is 47.6 Å². The molecule has 1 fully saturated rings. The summed E-state index contributed by atoms with van der Waals surface area (Å²) in [7, 11) is 0. The lowest BCUT2D eigenvalue weighted by atomic mass is 9.89. The molecule has 3 atom stereocenters. The third-order valence-electron chi connectivity index (χ3n) is 3.41. The van der Waals surface area contributed by atoms with Gasteiger partial charge in [0.15, 0.2) is 0 Å². The predicted octanol–water partition coefficient (Wildman–Crippen LogP) is 2.12. The van der Waals surface area contributed by atoms with Crippen LogP contribution in [0.15, 0.2) is 0 Å². The van der Waals surface area contributed by atoms with Crippen molar-refractivity contribution in [3.63, 3.8) is 0 Å². The first-order chi connectivity index (χ1) is 8.67. The SMILES string of the molecule is CCNC(COC1CCCC(C)C1)C(=O)OCC. The zero-order chi connectivity index (χ0) is 13.4. The van der Waals surface area contributed by atoms with Crippen molar-refractivity contribution in [2.75, 3.05) is 19.8 Å². The molecule has 0 aromatic carbocycles. The molecule has 1 N–H and O–H groups in total. The lowest BCUT2D eigenvalue weighted by Gasteiger charge is -2.28. The van der Waals surface area contributed by atoms with Crippen LogP contribution in [0.3, 0.4) is 0 Å². The molecule has 0 amide bonds. The summed E-state index contributed by atoms with van der Waals surface area (Å²) in [5, 5.41) is 3.12. The highest BCUT2D eigenvalue weighted by molar-refractivity contribution is 5.75. The Morgan fingerprint density at radius 3 is 2.78 bits per heavy atom. The maximum absolute atomic E-state index is 11.7. The maximum Gasteiger partial charge on any atom is 0.325 e. The lowest BCUT2D eigenvalue weighted by molar-refractivity contribution is -0.148. The van der Waals surface area contributed by atoms with E-state index in [0.717, 1.165) is 25.3 Å². The minimum atomic E-state index is -0.327. The number of ether oxygens (including phenoxy) is 2. The molecule has 3 unspecified atom stereocenters. The minimum Gasteiger partial charge on any atom is -0.465 e. The van der Waals surface area contributed by atoms with Crippen LogP contribution in [-0.2, 0) is 14.3 Å². The molecule has 0 saturated heterocycles. The van der Waals surface area contributed by atoms with E-state index in [9.17, 15) is 4.79 Å². The highest BCUT2D eigenvalue weighted by Gasteiger charge is 2.23. The monoisotopic (exact) mass is 257 g/mol. The second kappa shape index (κ2) is 8.48. The largest absolute Gasteiger partial charge is 0.465 e. The summed E-state index contributed by atoms with van der Waals surface area (Å²) in [4.78, 5) is 11.7. The Bertz CT molecular complexity index is 245. The van der Waals surface area contributed by atoms with Gasteiger partial charge in [-0.3, -0.25) is 4.79 Å². The fraction of sp³-hybridized carbons (Fsp3) is 0.929. The first-order valence-electron chi connectivity index (χ1n) is 7.19. The zero-order valence-corrected chi connectivity index (χ0v) is 11.9. The van der Waals surface area contributed by atoms with Crippen LogP contribution < -0.4 is 5.32 Å². The molecule has 0 heterocycles. The van der Waals surface area contributed by atoms with Crippen LogP contribution in [0, 0.1) is 5.92 Å². The molecule has 0 aromatic rings. The van der Waals surface area contributed by atoms with Crippen molar-refractivity contribution in [3.8, 4) is 0 Å². The smallest absolute Gasteiger partial charge is 0.325 e.